The highest BCUT2D eigenvalue weighted by Gasteiger charge is 2.19. The van der Waals surface area contributed by atoms with E-state index >= 15 is 0 Å². The molecule has 0 aliphatic rings. The Kier molecular flexibility index (Phi) is 4.23. The van der Waals surface area contributed by atoms with Gasteiger partial charge in [-0.25, -0.2) is 4.39 Å². The Balaban J connectivity index is 2.57. The summed E-state index contributed by atoms with van der Waals surface area (Å²) in [7, 11) is 0. The van der Waals surface area contributed by atoms with Crippen molar-refractivity contribution in [1.82, 2.24) is 0 Å². The predicted octanol–water partition coefficient (Wildman–Crippen LogP) is 2.56. The van der Waals surface area contributed by atoms with Crippen molar-refractivity contribution in [2.24, 2.45) is 5.73 Å². The maximum absolute atomic E-state index is 12.7. The van der Waals surface area contributed by atoms with E-state index in [9.17, 15) is 9.18 Å². The second-order valence-corrected chi connectivity index (χ2v) is 4.95. The van der Waals surface area contributed by atoms with E-state index in [2.05, 4.69) is 0 Å². The minimum absolute atomic E-state index is 0.0862. The fraction of sp³-hybridized carbons (Fsp3) is 0.462. The number of ether oxygens (including phenoxy) is 1. The van der Waals surface area contributed by atoms with Crippen LogP contribution in [0.2, 0.25) is 0 Å². The van der Waals surface area contributed by atoms with Gasteiger partial charge in [0.2, 0.25) is 0 Å². The highest BCUT2D eigenvalue weighted by Crippen LogP contribution is 2.17. The number of esters is 1. The van der Waals surface area contributed by atoms with Gasteiger partial charge in [-0.1, -0.05) is 12.1 Å². The zero-order valence-electron chi connectivity index (χ0n) is 10.4. The predicted molar refractivity (Wildman–Crippen MR) is 63.8 cm³/mol. The smallest absolute Gasteiger partial charge is 0.308 e. The molecule has 0 saturated carbocycles. The van der Waals surface area contributed by atoms with Gasteiger partial charge in [0.05, 0.1) is 6.42 Å². The van der Waals surface area contributed by atoms with Gasteiger partial charge < -0.3 is 10.5 Å². The zero-order chi connectivity index (χ0) is 13.1. The second-order valence-electron chi connectivity index (χ2n) is 4.95. The van der Waals surface area contributed by atoms with Crippen molar-refractivity contribution >= 4 is 5.97 Å². The quantitative estimate of drug-likeness (QED) is 0.825. The van der Waals surface area contributed by atoms with E-state index in [1.54, 1.807) is 32.9 Å². The molecule has 0 heterocycles. The summed E-state index contributed by atoms with van der Waals surface area (Å²) in [5.41, 5.74) is 6.05. The third-order valence-corrected chi connectivity index (χ3v) is 2.10. The molecule has 2 N–H and O–H groups in total. The summed E-state index contributed by atoms with van der Waals surface area (Å²) in [6, 6.07) is 5.33. The Labute approximate surface area is 101 Å². The van der Waals surface area contributed by atoms with Crippen molar-refractivity contribution in [2.45, 2.75) is 38.8 Å². The third-order valence-electron chi connectivity index (χ3n) is 2.10. The Bertz CT molecular complexity index is 381. The van der Waals surface area contributed by atoms with Gasteiger partial charge in [0, 0.05) is 6.04 Å². The minimum Gasteiger partial charge on any atom is -0.460 e. The maximum Gasteiger partial charge on any atom is 0.308 e. The van der Waals surface area contributed by atoms with Crippen molar-refractivity contribution < 1.29 is 13.9 Å². The number of rotatable bonds is 3. The highest BCUT2D eigenvalue weighted by molar-refractivity contribution is 5.70. The van der Waals surface area contributed by atoms with E-state index in [1.165, 1.54) is 12.1 Å². The Morgan fingerprint density at radius 3 is 2.35 bits per heavy atom. The van der Waals surface area contributed by atoms with E-state index in [4.69, 9.17) is 10.5 Å². The summed E-state index contributed by atoms with van der Waals surface area (Å²) in [4.78, 5) is 11.5. The van der Waals surface area contributed by atoms with Crippen LogP contribution in [0, 0.1) is 5.82 Å². The summed E-state index contributed by atoms with van der Waals surface area (Å²) < 4.78 is 17.9. The number of halogens is 1. The molecular weight excluding hydrogens is 221 g/mol. The number of benzene rings is 1. The lowest BCUT2D eigenvalue weighted by atomic mass is 10.0. The molecule has 0 aliphatic heterocycles. The fourth-order valence-electron chi connectivity index (χ4n) is 1.39. The molecule has 0 fully saturated rings. The summed E-state index contributed by atoms with van der Waals surface area (Å²) in [5, 5.41) is 0. The molecule has 0 spiro atoms. The molecule has 1 rings (SSSR count). The first-order valence-corrected chi connectivity index (χ1v) is 5.51. The topological polar surface area (TPSA) is 52.3 Å². The van der Waals surface area contributed by atoms with Crippen molar-refractivity contribution in [3.63, 3.8) is 0 Å². The number of hydrogen-bond acceptors (Lipinski definition) is 3. The summed E-state index contributed by atoms with van der Waals surface area (Å²) >= 11 is 0. The van der Waals surface area contributed by atoms with Crippen molar-refractivity contribution in [3.8, 4) is 0 Å². The van der Waals surface area contributed by atoms with Gasteiger partial charge in [0.1, 0.15) is 11.4 Å². The number of carbonyl (C=O) groups is 1. The fourth-order valence-corrected chi connectivity index (χ4v) is 1.39. The Hall–Kier alpha value is -1.42. The third kappa shape index (κ3) is 4.95. The van der Waals surface area contributed by atoms with Crippen LogP contribution in [0.15, 0.2) is 24.3 Å². The monoisotopic (exact) mass is 239 g/mol. The normalized spacial score (nSPS) is 13.2. The maximum atomic E-state index is 12.7. The largest absolute Gasteiger partial charge is 0.460 e. The molecule has 1 aromatic rings. The van der Waals surface area contributed by atoms with Crippen LogP contribution in [0.25, 0.3) is 0 Å². The number of carbonyl (C=O) groups excluding carboxylic acids is 1. The van der Waals surface area contributed by atoms with E-state index in [0.29, 0.717) is 0 Å². The van der Waals surface area contributed by atoms with Crippen LogP contribution in [-0.2, 0) is 9.53 Å². The minimum atomic E-state index is -0.514. The molecule has 1 aromatic carbocycles. The molecule has 0 bridgehead atoms. The Morgan fingerprint density at radius 2 is 1.88 bits per heavy atom. The first-order valence-electron chi connectivity index (χ1n) is 5.51. The standard InChI is InChI=1S/C13H18FNO2/c1-13(2,3)17-12(16)8-11(15)9-4-6-10(14)7-5-9/h4-7,11H,8,15H2,1-3H3/t11-/m1/s1. The molecule has 0 aliphatic carbocycles. The van der Waals surface area contributed by atoms with Crippen LogP contribution in [-0.4, -0.2) is 11.6 Å². The zero-order valence-corrected chi connectivity index (χ0v) is 10.4. The molecule has 0 saturated heterocycles. The summed E-state index contributed by atoms with van der Waals surface area (Å²) in [6.07, 6.45) is 0.0862. The van der Waals surface area contributed by atoms with Gasteiger partial charge in [0.25, 0.3) is 0 Å². The lowest BCUT2D eigenvalue weighted by molar-refractivity contribution is -0.155. The number of nitrogens with two attached hydrogens (primary N) is 1. The van der Waals surface area contributed by atoms with Gasteiger partial charge in [-0.2, -0.15) is 0 Å². The molecule has 1 atom stereocenters. The summed E-state index contributed by atoms with van der Waals surface area (Å²) in [5.74, 6) is -0.674. The van der Waals surface area contributed by atoms with Crippen LogP contribution in [0.3, 0.4) is 0 Å². The van der Waals surface area contributed by atoms with Gasteiger partial charge >= 0.3 is 5.97 Å². The lowest BCUT2D eigenvalue weighted by Crippen LogP contribution is -2.26. The molecule has 0 aromatic heterocycles. The SMILES string of the molecule is CC(C)(C)OC(=O)C[C@@H](N)c1ccc(F)cc1. The summed E-state index contributed by atoms with van der Waals surface area (Å²) in [6.45, 7) is 5.40. The number of hydrogen-bond donors (Lipinski definition) is 1. The second kappa shape index (κ2) is 5.27. The van der Waals surface area contributed by atoms with E-state index < -0.39 is 11.6 Å². The van der Waals surface area contributed by atoms with Gasteiger partial charge in [-0.05, 0) is 38.5 Å². The van der Waals surface area contributed by atoms with Crippen molar-refractivity contribution in [1.29, 1.82) is 0 Å². The van der Waals surface area contributed by atoms with Crippen molar-refractivity contribution in [2.75, 3.05) is 0 Å². The van der Waals surface area contributed by atoms with Gasteiger partial charge in [-0.15, -0.1) is 0 Å². The Morgan fingerprint density at radius 1 is 1.35 bits per heavy atom. The van der Waals surface area contributed by atoms with Crippen LogP contribution in [0.4, 0.5) is 4.39 Å². The van der Waals surface area contributed by atoms with Crippen LogP contribution < -0.4 is 5.73 Å². The molecule has 0 unspecified atom stereocenters. The molecule has 0 amide bonds. The van der Waals surface area contributed by atoms with Crippen molar-refractivity contribution in [3.05, 3.63) is 35.6 Å². The van der Waals surface area contributed by atoms with E-state index in [0.717, 1.165) is 5.56 Å². The molecule has 4 heteroatoms. The molecule has 94 valence electrons. The van der Waals surface area contributed by atoms with Crippen LogP contribution in [0.1, 0.15) is 38.8 Å². The van der Waals surface area contributed by atoms with Gasteiger partial charge in [0.15, 0.2) is 0 Å². The van der Waals surface area contributed by atoms with Crippen LogP contribution in [0.5, 0.6) is 0 Å². The molecule has 17 heavy (non-hydrogen) atoms. The molecular formula is C13H18FNO2. The first-order chi connectivity index (χ1) is 7.78. The van der Waals surface area contributed by atoms with E-state index in [-0.39, 0.29) is 18.2 Å². The molecule has 0 radical (unpaired) electrons. The van der Waals surface area contributed by atoms with Crippen LogP contribution >= 0.6 is 0 Å². The average molecular weight is 239 g/mol. The van der Waals surface area contributed by atoms with E-state index in [1.807, 2.05) is 0 Å². The lowest BCUT2D eigenvalue weighted by Gasteiger charge is -2.21. The highest BCUT2D eigenvalue weighted by atomic mass is 19.1. The molecule has 3 nitrogen and oxygen atoms in total. The average Bonchev–Trinajstić information content (AvgIpc) is 2.15. The van der Waals surface area contributed by atoms with Gasteiger partial charge in [-0.3, -0.25) is 4.79 Å². The first kappa shape index (κ1) is 13.6.